The summed E-state index contributed by atoms with van der Waals surface area (Å²) in [4.78, 5) is 25.6. The number of halogens is 4. The van der Waals surface area contributed by atoms with Crippen LogP contribution in [0.1, 0.15) is 39.0 Å². The minimum Gasteiger partial charge on any atom is -0.444 e. The van der Waals surface area contributed by atoms with Crippen LogP contribution in [-0.2, 0) is 15.7 Å². The Labute approximate surface area is 179 Å². The van der Waals surface area contributed by atoms with E-state index in [1.165, 1.54) is 32.0 Å². The van der Waals surface area contributed by atoms with Crippen molar-refractivity contribution in [2.24, 2.45) is 0 Å². The number of amides is 1. The number of nitrogens with zero attached hydrogens (tertiary/aromatic N) is 1. The van der Waals surface area contributed by atoms with Gasteiger partial charge in [-0.3, -0.25) is 4.79 Å². The second kappa shape index (κ2) is 8.81. The van der Waals surface area contributed by atoms with E-state index in [4.69, 9.17) is 20.9 Å². The highest BCUT2D eigenvalue weighted by molar-refractivity contribution is 6.30. The van der Waals surface area contributed by atoms with Gasteiger partial charge in [-0.15, -0.1) is 0 Å². The van der Waals surface area contributed by atoms with E-state index in [2.05, 4.69) is 10.5 Å². The Morgan fingerprint density at radius 2 is 1.81 bits per heavy atom. The Kier molecular flexibility index (Phi) is 6.35. The van der Waals surface area contributed by atoms with Crippen LogP contribution in [-0.4, -0.2) is 17.0 Å². The Morgan fingerprint density at radius 1 is 1.13 bits per heavy atom. The van der Waals surface area contributed by atoms with Crippen LogP contribution < -0.4 is 5.32 Å². The van der Waals surface area contributed by atoms with Crippen LogP contribution in [0, 0.1) is 13.8 Å². The molecule has 1 aromatic heterocycles. The van der Waals surface area contributed by atoms with Crippen molar-refractivity contribution in [3.8, 4) is 0 Å². The summed E-state index contributed by atoms with van der Waals surface area (Å²) in [5, 5.41) is 5.71. The third-order valence-corrected chi connectivity index (χ3v) is 4.58. The monoisotopic (exact) mass is 452 g/mol. The lowest BCUT2D eigenvalue weighted by molar-refractivity contribution is -0.137. The minimum absolute atomic E-state index is 0.0382. The van der Waals surface area contributed by atoms with Crippen molar-refractivity contribution < 1.29 is 32.0 Å². The lowest BCUT2D eigenvalue weighted by Crippen LogP contribution is -2.27. The number of anilines is 1. The zero-order chi connectivity index (χ0) is 22.8. The number of aromatic nitrogens is 1. The fraction of sp³-hybridized carbons (Fsp3) is 0.190. The number of alkyl halides is 3. The molecule has 1 N–H and O–H groups in total. The predicted molar refractivity (Wildman–Crippen MR) is 106 cm³/mol. The minimum atomic E-state index is -4.76. The van der Waals surface area contributed by atoms with Gasteiger partial charge in [0.25, 0.3) is 5.91 Å². The molecule has 0 spiro atoms. The van der Waals surface area contributed by atoms with Gasteiger partial charge in [0.2, 0.25) is 6.10 Å². The summed E-state index contributed by atoms with van der Waals surface area (Å²) in [5.74, 6) is -1.68. The normalized spacial score (nSPS) is 12.3. The van der Waals surface area contributed by atoms with E-state index < -0.39 is 35.4 Å². The third-order valence-electron chi connectivity index (χ3n) is 4.35. The van der Waals surface area contributed by atoms with E-state index in [1.807, 2.05) is 0 Å². The number of nitrogens with one attached hydrogen (secondary N) is 1. The van der Waals surface area contributed by atoms with Gasteiger partial charge in [0, 0.05) is 10.6 Å². The second-order valence-corrected chi connectivity index (χ2v) is 7.01. The molecule has 10 heteroatoms. The van der Waals surface area contributed by atoms with E-state index in [1.54, 1.807) is 18.2 Å². The first-order valence-electron chi connectivity index (χ1n) is 8.94. The van der Waals surface area contributed by atoms with Crippen molar-refractivity contribution in [2.75, 3.05) is 5.32 Å². The number of benzene rings is 2. The summed E-state index contributed by atoms with van der Waals surface area (Å²) >= 11 is 5.68. The summed E-state index contributed by atoms with van der Waals surface area (Å²) < 4.78 is 50.4. The molecule has 3 aromatic rings. The topological polar surface area (TPSA) is 81.4 Å². The van der Waals surface area contributed by atoms with Crippen LogP contribution in [0.5, 0.6) is 0 Å². The van der Waals surface area contributed by atoms with Crippen LogP contribution in [0.2, 0.25) is 5.02 Å². The van der Waals surface area contributed by atoms with Gasteiger partial charge < -0.3 is 14.6 Å². The van der Waals surface area contributed by atoms with Crippen molar-refractivity contribution in [1.29, 1.82) is 0 Å². The maximum absolute atomic E-state index is 13.4. The van der Waals surface area contributed by atoms with Gasteiger partial charge in [0.15, 0.2) is 0 Å². The summed E-state index contributed by atoms with van der Waals surface area (Å²) in [6.07, 6.45) is -6.29. The molecule has 31 heavy (non-hydrogen) atoms. The molecular weight excluding hydrogens is 437 g/mol. The highest BCUT2D eigenvalue weighted by atomic mass is 35.5. The molecule has 0 saturated heterocycles. The first-order valence-corrected chi connectivity index (χ1v) is 9.32. The molecule has 1 amide bonds. The first kappa shape index (κ1) is 22.4. The maximum Gasteiger partial charge on any atom is 0.418 e. The van der Waals surface area contributed by atoms with Crippen LogP contribution in [0.25, 0.3) is 0 Å². The summed E-state index contributed by atoms with van der Waals surface area (Å²) in [5.41, 5.74) is -1.08. The molecule has 1 unspecified atom stereocenters. The van der Waals surface area contributed by atoms with Gasteiger partial charge >= 0.3 is 12.1 Å². The molecular formula is C21H16ClF3N2O4. The predicted octanol–water partition coefficient (Wildman–Crippen LogP) is 5.50. The number of carbonyl (C=O) groups excluding carboxylic acids is 2. The van der Waals surface area contributed by atoms with Crippen molar-refractivity contribution in [1.82, 2.24) is 5.16 Å². The average Bonchev–Trinajstić information content (AvgIpc) is 3.05. The van der Waals surface area contributed by atoms with Crippen molar-refractivity contribution >= 4 is 29.2 Å². The number of carbonyl (C=O) groups is 2. The standard InChI is InChI=1S/C21H16ClF3N2O4/c1-11-17(12(2)31-27-11)20(29)30-18(13-6-4-3-5-7-13)19(28)26-16-9-8-14(22)10-15(16)21(23,24)25/h3-10,18H,1-2H3,(H,26,28). The van der Waals surface area contributed by atoms with Gasteiger partial charge in [0.1, 0.15) is 11.3 Å². The van der Waals surface area contributed by atoms with Crippen molar-refractivity contribution in [2.45, 2.75) is 26.1 Å². The lowest BCUT2D eigenvalue weighted by Gasteiger charge is -2.20. The molecule has 1 atom stereocenters. The molecule has 3 rings (SSSR count). The van der Waals surface area contributed by atoms with Crippen LogP contribution in [0.3, 0.4) is 0 Å². The van der Waals surface area contributed by atoms with Crippen molar-refractivity contribution in [3.05, 3.63) is 81.7 Å². The number of hydrogen-bond acceptors (Lipinski definition) is 5. The molecule has 0 aliphatic heterocycles. The zero-order valence-electron chi connectivity index (χ0n) is 16.3. The fourth-order valence-electron chi connectivity index (χ4n) is 2.90. The zero-order valence-corrected chi connectivity index (χ0v) is 17.0. The average molecular weight is 453 g/mol. The molecule has 0 bridgehead atoms. The summed E-state index contributed by atoms with van der Waals surface area (Å²) in [6, 6.07) is 10.8. The second-order valence-electron chi connectivity index (χ2n) is 6.57. The number of ether oxygens (including phenoxy) is 1. The summed E-state index contributed by atoms with van der Waals surface area (Å²) in [6.45, 7) is 3.02. The molecule has 0 aliphatic carbocycles. The molecule has 0 saturated carbocycles. The largest absolute Gasteiger partial charge is 0.444 e. The molecule has 1 heterocycles. The summed E-state index contributed by atoms with van der Waals surface area (Å²) in [7, 11) is 0. The molecule has 6 nitrogen and oxygen atoms in total. The number of aryl methyl sites for hydroxylation is 2. The number of esters is 1. The molecule has 0 aliphatic rings. The van der Waals surface area contributed by atoms with Gasteiger partial charge in [-0.05, 0) is 32.0 Å². The molecule has 162 valence electrons. The van der Waals surface area contributed by atoms with E-state index >= 15 is 0 Å². The van der Waals surface area contributed by atoms with E-state index in [9.17, 15) is 22.8 Å². The highest BCUT2D eigenvalue weighted by Gasteiger charge is 2.36. The van der Waals surface area contributed by atoms with E-state index in [0.29, 0.717) is 6.07 Å². The molecule has 0 radical (unpaired) electrons. The highest BCUT2D eigenvalue weighted by Crippen LogP contribution is 2.37. The Hall–Kier alpha value is -3.33. The Bertz CT molecular complexity index is 1090. The smallest absolute Gasteiger partial charge is 0.418 e. The molecule has 2 aromatic carbocycles. The maximum atomic E-state index is 13.4. The number of hydrogen-bond donors (Lipinski definition) is 1. The SMILES string of the molecule is Cc1noc(C)c1C(=O)OC(C(=O)Nc1ccc(Cl)cc1C(F)(F)F)c1ccccc1. The lowest BCUT2D eigenvalue weighted by atomic mass is 10.1. The van der Waals surface area contributed by atoms with Crippen LogP contribution in [0.4, 0.5) is 18.9 Å². The first-order chi connectivity index (χ1) is 14.6. The van der Waals surface area contributed by atoms with Crippen LogP contribution in [0.15, 0.2) is 53.1 Å². The fourth-order valence-corrected chi connectivity index (χ4v) is 3.07. The molecule has 0 fully saturated rings. The van der Waals surface area contributed by atoms with Crippen LogP contribution >= 0.6 is 11.6 Å². The Balaban J connectivity index is 1.94. The van der Waals surface area contributed by atoms with Gasteiger partial charge in [0.05, 0.1) is 16.9 Å². The van der Waals surface area contributed by atoms with Gasteiger partial charge in [-0.1, -0.05) is 47.1 Å². The third kappa shape index (κ3) is 5.05. The van der Waals surface area contributed by atoms with Crippen molar-refractivity contribution in [3.63, 3.8) is 0 Å². The Morgan fingerprint density at radius 3 is 2.39 bits per heavy atom. The van der Waals surface area contributed by atoms with Gasteiger partial charge in [-0.25, -0.2) is 4.79 Å². The quantitative estimate of drug-likeness (QED) is 0.517. The number of rotatable bonds is 5. The van der Waals surface area contributed by atoms with E-state index in [0.717, 1.165) is 6.07 Å². The van der Waals surface area contributed by atoms with E-state index in [-0.39, 0.29) is 27.6 Å². The van der Waals surface area contributed by atoms with Gasteiger partial charge in [-0.2, -0.15) is 13.2 Å².